The predicted molar refractivity (Wildman–Crippen MR) is 74.4 cm³/mol. The van der Waals surface area contributed by atoms with Crippen LogP contribution in [0.15, 0.2) is 35.0 Å². The summed E-state index contributed by atoms with van der Waals surface area (Å²) in [5.74, 6) is 0.879. The monoisotopic (exact) mass is 266 g/mol. The van der Waals surface area contributed by atoms with Gasteiger partial charge in [0.25, 0.3) is 0 Å². The van der Waals surface area contributed by atoms with E-state index in [1.54, 1.807) is 11.3 Å². The molecule has 1 nitrogen and oxygen atoms in total. The molecule has 1 aromatic heterocycles. The van der Waals surface area contributed by atoms with Crippen LogP contribution < -0.4 is 4.74 Å². The van der Waals surface area contributed by atoms with Crippen LogP contribution in [0.5, 0.6) is 5.75 Å². The molecule has 2 aromatic rings. The van der Waals surface area contributed by atoms with Crippen LogP contribution in [0, 0.1) is 6.92 Å². The summed E-state index contributed by atoms with van der Waals surface area (Å²) in [6, 6.07) is 8.20. The van der Waals surface area contributed by atoms with Gasteiger partial charge in [0.1, 0.15) is 5.75 Å². The molecule has 3 heteroatoms. The Bertz CT molecular complexity index is 479. The maximum atomic E-state index is 6.51. The summed E-state index contributed by atoms with van der Waals surface area (Å²) in [6.45, 7) is 4.71. The summed E-state index contributed by atoms with van der Waals surface area (Å²) in [5, 5.41) is 3.99. The van der Waals surface area contributed by atoms with Gasteiger partial charge in [-0.05, 0) is 42.3 Å². The molecule has 0 aliphatic rings. The number of halogens is 1. The molecular weight excluding hydrogens is 252 g/mol. The van der Waals surface area contributed by atoms with Crippen molar-refractivity contribution in [1.29, 1.82) is 0 Å². The lowest BCUT2D eigenvalue weighted by Gasteiger charge is -2.15. The lowest BCUT2D eigenvalue weighted by molar-refractivity contribution is 0.337. The molecule has 0 aliphatic heterocycles. The molecule has 1 aromatic carbocycles. The molecule has 0 aliphatic carbocycles. The zero-order chi connectivity index (χ0) is 12.3. The topological polar surface area (TPSA) is 9.23 Å². The summed E-state index contributed by atoms with van der Waals surface area (Å²) < 4.78 is 5.63. The zero-order valence-electron chi connectivity index (χ0n) is 9.94. The summed E-state index contributed by atoms with van der Waals surface area (Å²) in [4.78, 5) is 0. The van der Waals surface area contributed by atoms with Crippen LogP contribution in [-0.2, 0) is 0 Å². The molecule has 0 saturated heterocycles. The summed E-state index contributed by atoms with van der Waals surface area (Å²) >= 11 is 8.17. The first-order chi connectivity index (χ1) is 8.22. The lowest BCUT2D eigenvalue weighted by atomic mass is 10.0. The minimum atomic E-state index is -0.136. The van der Waals surface area contributed by atoms with E-state index < -0.39 is 0 Å². The molecule has 0 spiro atoms. The van der Waals surface area contributed by atoms with Crippen LogP contribution in [0.1, 0.15) is 29.0 Å². The molecule has 1 heterocycles. The van der Waals surface area contributed by atoms with Crippen molar-refractivity contribution in [2.45, 2.75) is 19.2 Å². The van der Waals surface area contributed by atoms with Crippen molar-refractivity contribution in [3.8, 4) is 5.75 Å². The Morgan fingerprint density at radius 3 is 2.82 bits per heavy atom. The molecule has 90 valence electrons. The molecule has 0 amide bonds. The van der Waals surface area contributed by atoms with Gasteiger partial charge in [-0.15, -0.1) is 11.6 Å². The molecule has 0 radical (unpaired) electrons. The number of hydrogen-bond acceptors (Lipinski definition) is 2. The van der Waals surface area contributed by atoms with E-state index in [9.17, 15) is 0 Å². The number of aryl methyl sites for hydroxylation is 1. The second kappa shape index (κ2) is 5.56. The molecule has 0 N–H and O–H groups in total. The first kappa shape index (κ1) is 12.5. The van der Waals surface area contributed by atoms with Crippen molar-refractivity contribution in [1.82, 2.24) is 0 Å². The largest absolute Gasteiger partial charge is 0.494 e. The standard InChI is InChI=1S/C14H15ClOS/c1-3-16-13-5-4-10(2)8-12(13)14(15)11-6-7-17-9-11/h4-9,14H,3H2,1-2H3. The molecule has 0 saturated carbocycles. The molecule has 0 fully saturated rings. The number of ether oxygens (including phenoxy) is 1. The fraction of sp³-hybridized carbons (Fsp3) is 0.286. The zero-order valence-corrected chi connectivity index (χ0v) is 11.5. The van der Waals surface area contributed by atoms with E-state index in [0.717, 1.165) is 16.9 Å². The number of benzene rings is 1. The van der Waals surface area contributed by atoms with Gasteiger partial charge in [0.05, 0.1) is 12.0 Å². The normalized spacial score (nSPS) is 12.4. The van der Waals surface area contributed by atoms with Gasteiger partial charge >= 0.3 is 0 Å². The Morgan fingerprint density at radius 1 is 1.35 bits per heavy atom. The molecular formula is C14H15ClOS. The van der Waals surface area contributed by atoms with Crippen LogP contribution in [0.3, 0.4) is 0 Å². The summed E-state index contributed by atoms with van der Waals surface area (Å²) in [5.41, 5.74) is 3.37. The minimum Gasteiger partial charge on any atom is -0.494 e. The van der Waals surface area contributed by atoms with E-state index in [4.69, 9.17) is 16.3 Å². The van der Waals surface area contributed by atoms with E-state index >= 15 is 0 Å². The Balaban J connectivity index is 2.38. The van der Waals surface area contributed by atoms with Gasteiger partial charge < -0.3 is 4.74 Å². The van der Waals surface area contributed by atoms with E-state index in [1.165, 1.54) is 5.56 Å². The molecule has 17 heavy (non-hydrogen) atoms. The van der Waals surface area contributed by atoms with Gasteiger partial charge in [0.15, 0.2) is 0 Å². The van der Waals surface area contributed by atoms with Crippen LogP contribution in [0.25, 0.3) is 0 Å². The summed E-state index contributed by atoms with van der Waals surface area (Å²) in [6.07, 6.45) is 0. The average Bonchev–Trinajstić information content (AvgIpc) is 2.84. The number of hydrogen-bond donors (Lipinski definition) is 0. The summed E-state index contributed by atoms with van der Waals surface area (Å²) in [7, 11) is 0. The van der Waals surface area contributed by atoms with Crippen molar-refractivity contribution in [3.63, 3.8) is 0 Å². The van der Waals surface area contributed by atoms with Gasteiger partial charge in [-0.2, -0.15) is 11.3 Å². The molecule has 0 bridgehead atoms. The Hall–Kier alpha value is -0.990. The maximum Gasteiger partial charge on any atom is 0.124 e. The van der Waals surface area contributed by atoms with Crippen LogP contribution in [0.2, 0.25) is 0 Å². The third kappa shape index (κ3) is 2.82. The Kier molecular flexibility index (Phi) is 4.08. The quantitative estimate of drug-likeness (QED) is 0.724. The number of thiophene rings is 1. The Morgan fingerprint density at radius 2 is 2.18 bits per heavy atom. The SMILES string of the molecule is CCOc1ccc(C)cc1C(Cl)c1ccsc1. The highest BCUT2D eigenvalue weighted by Crippen LogP contribution is 2.36. The second-order valence-electron chi connectivity index (χ2n) is 3.89. The van der Waals surface area contributed by atoms with Gasteiger partial charge in [-0.25, -0.2) is 0 Å². The highest BCUT2D eigenvalue weighted by molar-refractivity contribution is 7.08. The fourth-order valence-electron chi connectivity index (χ4n) is 1.75. The van der Waals surface area contributed by atoms with Gasteiger partial charge in [-0.3, -0.25) is 0 Å². The van der Waals surface area contributed by atoms with Gasteiger partial charge in [-0.1, -0.05) is 17.7 Å². The van der Waals surface area contributed by atoms with Gasteiger partial charge in [0, 0.05) is 5.56 Å². The van der Waals surface area contributed by atoms with Crippen molar-refractivity contribution in [3.05, 3.63) is 51.7 Å². The van der Waals surface area contributed by atoms with E-state index in [-0.39, 0.29) is 5.38 Å². The highest BCUT2D eigenvalue weighted by atomic mass is 35.5. The van der Waals surface area contributed by atoms with E-state index in [1.807, 2.05) is 24.4 Å². The highest BCUT2D eigenvalue weighted by Gasteiger charge is 2.16. The third-order valence-corrected chi connectivity index (χ3v) is 3.76. The molecule has 2 rings (SSSR count). The smallest absolute Gasteiger partial charge is 0.124 e. The van der Waals surface area contributed by atoms with Crippen molar-refractivity contribution in [2.24, 2.45) is 0 Å². The van der Waals surface area contributed by atoms with Crippen molar-refractivity contribution in [2.75, 3.05) is 6.61 Å². The van der Waals surface area contributed by atoms with Crippen LogP contribution >= 0.6 is 22.9 Å². The predicted octanol–water partition coefficient (Wildman–Crippen LogP) is 4.78. The fourth-order valence-corrected chi connectivity index (χ4v) is 2.82. The maximum absolute atomic E-state index is 6.51. The molecule has 1 unspecified atom stereocenters. The van der Waals surface area contributed by atoms with Crippen LogP contribution in [-0.4, -0.2) is 6.61 Å². The van der Waals surface area contributed by atoms with Crippen molar-refractivity contribution < 1.29 is 4.74 Å². The third-order valence-electron chi connectivity index (χ3n) is 2.57. The van der Waals surface area contributed by atoms with Crippen LogP contribution in [0.4, 0.5) is 0 Å². The van der Waals surface area contributed by atoms with Crippen molar-refractivity contribution >= 4 is 22.9 Å². The lowest BCUT2D eigenvalue weighted by Crippen LogP contribution is -2.00. The number of rotatable bonds is 4. The second-order valence-corrected chi connectivity index (χ2v) is 5.11. The number of alkyl halides is 1. The van der Waals surface area contributed by atoms with E-state index in [0.29, 0.717) is 6.61 Å². The average molecular weight is 267 g/mol. The Labute approximate surface area is 111 Å². The first-order valence-corrected chi connectivity index (χ1v) is 6.99. The minimum absolute atomic E-state index is 0.136. The van der Waals surface area contributed by atoms with Gasteiger partial charge in [0.2, 0.25) is 0 Å². The van der Waals surface area contributed by atoms with E-state index in [2.05, 4.69) is 24.4 Å². The molecule has 1 atom stereocenters. The first-order valence-electron chi connectivity index (χ1n) is 5.62.